The largest absolute Gasteiger partial charge is 0.497 e. The number of anilines is 1. The molecule has 0 bridgehead atoms. The molecule has 0 saturated carbocycles. The number of pyridine rings is 1. The lowest BCUT2D eigenvalue weighted by molar-refractivity contribution is -0.115. The maximum absolute atomic E-state index is 13.0. The zero-order valence-electron chi connectivity index (χ0n) is 18.6. The van der Waals surface area contributed by atoms with Gasteiger partial charge >= 0.3 is 0 Å². The number of nitrogens with one attached hydrogen (secondary N) is 2. The van der Waals surface area contributed by atoms with Crippen molar-refractivity contribution in [1.82, 2.24) is 15.2 Å². The summed E-state index contributed by atoms with van der Waals surface area (Å²) in [5, 5.41) is 17.9. The van der Waals surface area contributed by atoms with E-state index in [1.54, 1.807) is 25.4 Å². The number of carbonyl (C=O) groups is 1. The van der Waals surface area contributed by atoms with Crippen LogP contribution in [0, 0.1) is 5.82 Å². The number of fused-ring (bicyclic) bond motifs is 1. The topological polar surface area (TPSA) is 86.7 Å². The first-order valence-corrected chi connectivity index (χ1v) is 11.1. The quantitative estimate of drug-likeness (QED) is 0.487. The molecule has 7 nitrogen and oxygen atoms in total. The highest BCUT2D eigenvalue weighted by Crippen LogP contribution is 2.27. The highest BCUT2D eigenvalue weighted by molar-refractivity contribution is 5.92. The average Bonchev–Trinajstić information content (AvgIpc) is 2.84. The maximum atomic E-state index is 13.0. The van der Waals surface area contributed by atoms with Crippen LogP contribution in [0.2, 0.25) is 0 Å². The number of ether oxygens (including phenoxy) is 1. The number of hydrogen-bond acceptors (Lipinski definition) is 6. The van der Waals surface area contributed by atoms with Crippen molar-refractivity contribution in [1.29, 1.82) is 0 Å². The van der Waals surface area contributed by atoms with Gasteiger partial charge in [-0.25, -0.2) is 4.39 Å². The van der Waals surface area contributed by atoms with Crippen LogP contribution in [0.4, 0.5) is 10.1 Å². The molecule has 1 aliphatic rings. The predicted octanol–water partition coefficient (Wildman–Crippen LogP) is 3.11. The second kappa shape index (κ2) is 10.7. The number of aromatic nitrogens is 1. The highest BCUT2D eigenvalue weighted by Gasteiger charge is 2.23. The van der Waals surface area contributed by atoms with Crippen LogP contribution in [0.1, 0.15) is 24.5 Å². The third-order valence-electron chi connectivity index (χ3n) is 6.04. The van der Waals surface area contributed by atoms with Crippen molar-refractivity contribution in [2.45, 2.75) is 25.0 Å². The summed E-state index contributed by atoms with van der Waals surface area (Å²) in [5.74, 6) is 0.249. The molecule has 2 heterocycles. The van der Waals surface area contributed by atoms with Gasteiger partial charge in [0.1, 0.15) is 11.6 Å². The van der Waals surface area contributed by atoms with Crippen LogP contribution in [-0.4, -0.2) is 60.2 Å². The Bertz CT molecular complexity index is 1080. The van der Waals surface area contributed by atoms with Crippen LogP contribution in [-0.2, 0) is 4.79 Å². The molecule has 2 aromatic carbocycles. The fraction of sp³-hybridized carbons (Fsp3) is 0.360. The van der Waals surface area contributed by atoms with Crippen molar-refractivity contribution < 1.29 is 19.0 Å². The lowest BCUT2D eigenvalue weighted by atomic mass is 10.0. The third kappa shape index (κ3) is 6.04. The van der Waals surface area contributed by atoms with E-state index in [9.17, 15) is 14.3 Å². The molecule has 33 heavy (non-hydrogen) atoms. The first kappa shape index (κ1) is 23.1. The van der Waals surface area contributed by atoms with E-state index in [4.69, 9.17) is 4.74 Å². The minimum atomic E-state index is -0.631. The Kier molecular flexibility index (Phi) is 7.49. The fourth-order valence-corrected chi connectivity index (χ4v) is 4.20. The van der Waals surface area contributed by atoms with E-state index >= 15 is 0 Å². The first-order valence-electron chi connectivity index (χ1n) is 11.1. The van der Waals surface area contributed by atoms with Crippen molar-refractivity contribution in [2.24, 2.45) is 0 Å². The van der Waals surface area contributed by atoms with Crippen LogP contribution < -0.4 is 15.4 Å². The van der Waals surface area contributed by atoms with Gasteiger partial charge in [0.15, 0.2) is 0 Å². The van der Waals surface area contributed by atoms with Crippen LogP contribution in [0.5, 0.6) is 5.75 Å². The zero-order chi connectivity index (χ0) is 23.2. The van der Waals surface area contributed by atoms with Crippen molar-refractivity contribution in [3.63, 3.8) is 0 Å². The van der Waals surface area contributed by atoms with Gasteiger partial charge in [-0.1, -0.05) is 0 Å². The molecule has 8 heteroatoms. The molecule has 0 unspecified atom stereocenters. The second-order valence-electron chi connectivity index (χ2n) is 8.31. The number of benzene rings is 2. The average molecular weight is 453 g/mol. The Hall–Kier alpha value is -3.07. The smallest absolute Gasteiger partial charge is 0.238 e. The third-order valence-corrected chi connectivity index (χ3v) is 6.04. The molecule has 3 aromatic rings. The number of piperidine rings is 1. The van der Waals surface area contributed by atoms with E-state index < -0.39 is 6.10 Å². The fourth-order valence-electron chi connectivity index (χ4n) is 4.20. The lowest BCUT2D eigenvalue weighted by Crippen LogP contribution is -2.45. The van der Waals surface area contributed by atoms with E-state index in [-0.39, 0.29) is 24.3 Å². The highest BCUT2D eigenvalue weighted by atomic mass is 19.1. The van der Waals surface area contributed by atoms with Crippen LogP contribution in [0.25, 0.3) is 10.9 Å². The van der Waals surface area contributed by atoms with Crippen molar-refractivity contribution >= 4 is 22.5 Å². The number of carbonyl (C=O) groups excluding carboxylic acids is 1. The molecule has 3 N–H and O–H groups in total. The van der Waals surface area contributed by atoms with E-state index in [0.29, 0.717) is 12.2 Å². The first-order chi connectivity index (χ1) is 16.0. The molecule has 1 aromatic heterocycles. The number of β-amino-alcohol motifs (C(OH)–C–C–N with tert-alkyl or cyclic N) is 1. The number of likely N-dealkylation sites (tertiary alicyclic amines) is 1. The summed E-state index contributed by atoms with van der Waals surface area (Å²) in [6.45, 7) is 2.41. The SMILES string of the molecule is COc1ccc2nccc([C@@H](O)CN3CCC(NCC(=O)Nc4ccc(F)cc4)CC3)c2c1. The Morgan fingerprint density at radius 2 is 1.97 bits per heavy atom. The lowest BCUT2D eigenvalue weighted by Gasteiger charge is -2.33. The normalized spacial score (nSPS) is 16.0. The number of aliphatic hydroxyl groups is 1. The number of hydrogen-bond donors (Lipinski definition) is 3. The van der Waals surface area contributed by atoms with E-state index in [0.717, 1.165) is 48.1 Å². The van der Waals surface area contributed by atoms with Gasteiger partial charge in [-0.3, -0.25) is 9.78 Å². The molecule has 0 spiro atoms. The monoisotopic (exact) mass is 452 g/mol. The van der Waals surface area contributed by atoms with Gasteiger partial charge in [-0.15, -0.1) is 0 Å². The van der Waals surface area contributed by atoms with Gasteiger partial charge in [0.25, 0.3) is 0 Å². The maximum Gasteiger partial charge on any atom is 0.238 e. The van der Waals surface area contributed by atoms with Gasteiger partial charge in [0, 0.05) is 29.9 Å². The summed E-state index contributed by atoms with van der Waals surface area (Å²) in [6.07, 6.45) is 2.87. The number of methoxy groups -OCH3 is 1. The Morgan fingerprint density at radius 1 is 1.21 bits per heavy atom. The van der Waals surface area contributed by atoms with Crippen molar-refractivity contribution in [3.05, 3.63) is 66.1 Å². The molecule has 1 fully saturated rings. The summed E-state index contributed by atoms with van der Waals surface area (Å²) in [6, 6.07) is 13.5. The molecular formula is C25H29FN4O3. The number of aliphatic hydroxyl groups excluding tert-OH is 1. The zero-order valence-corrected chi connectivity index (χ0v) is 18.6. The summed E-state index contributed by atoms with van der Waals surface area (Å²) in [5.41, 5.74) is 2.25. The van der Waals surface area contributed by atoms with E-state index in [1.807, 2.05) is 24.3 Å². The molecule has 1 saturated heterocycles. The van der Waals surface area contributed by atoms with Crippen LogP contribution in [0.15, 0.2) is 54.7 Å². The Morgan fingerprint density at radius 3 is 2.70 bits per heavy atom. The minimum absolute atomic E-state index is 0.153. The molecule has 174 valence electrons. The molecule has 1 aliphatic heterocycles. The summed E-state index contributed by atoms with van der Waals surface area (Å²) < 4.78 is 18.3. The van der Waals surface area contributed by atoms with Gasteiger partial charge < -0.3 is 25.4 Å². The molecule has 1 atom stereocenters. The minimum Gasteiger partial charge on any atom is -0.497 e. The molecular weight excluding hydrogens is 423 g/mol. The van der Waals surface area contributed by atoms with Crippen molar-refractivity contribution in [3.8, 4) is 5.75 Å². The molecule has 4 rings (SSSR count). The van der Waals surface area contributed by atoms with Gasteiger partial charge in [0.2, 0.25) is 5.91 Å². The predicted molar refractivity (Wildman–Crippen MR) is 126 cm³/mol. The van der Waals surface area contributed by atoms with E-state index in [2.05, 4.69) is 20.5 Å². The molecule has 0 radical (unpaired) electrons. The molecule has 1 amide bonds. The van der Waals surface area contributed by atoms with Crippen molar-refractivity contribution in [2.75, 3.05) is 38.6 Å². The van der Waals surface area contributed by atoms with Gasteiger partial charge in [-0.05, 0) is 80.0 Å². The Labute approximate surface area is 192 Å². The van der Waals surface area contributed by atoms with Crippen LogP contribution in [0.3, 0.4) is 0 Å². The number of nitrogens with zero attached hydrogens (tertiary/aromatic N) is 2. The van der Waals surface area contributed by atoms with E-state index in [1.165, 1.54) is 12.1 Å². The van der Waals surface area contributed by atoms with Gasteiger partial charge in [-0.2, -0.15) is 0 Å². The standard InChI is InChI=1S/C25H29FN4O3/c1-33-20-6-7-23-22(14-20)21(8-11-27-23)24(31)16-30-12-9-18(10-13-30)28-15-25(32)29-19-4-2-17(26)3-5-19/h2-8,11,14,18,24,28,31H,9-10,12-13,15-16H2,1H3,(H,29,32)/t24-/m0/s1. The summed E-state index contributed by atoms with van der Waals surface area (Å²) >= 11 is 0. The number of amides is 1. The molecule has 0 aliphatic carbocycles. The summed E-state index contributed by atoms with van der Waals surface area (Å²) in [4.78, 5) is 18.8. The number of halogens is 1. The van der Waals surface area contributed by atoms with Crippen LogP contribution >= 0.6 is 0 Å². The number of rotatable bonds is 8. The second-order valence-corrected chi connectivity index (χ2v) is 8.31. The summed E-state index contributed by atoms with van der Waals surface area (Å²) in [7, 11) is 1.62. The Balaban J connectivity index is 1.25. The van der Waals surface area contributed by atoms with Gasteiger partial charge in [0.05, 0.1) is 25.3 Å².